The zero-order valence-corrected chi connectivity index (χ0v) is 8.17. The summed E-state index contributed by atoms with van der Waals surface area (Å²) < 4.78 is 42.4. The average molecular weight is 227 g/mol. The number of hydrogen-bond donors (Lipinski definition) is 1. The van der Waals surface area contributed by atoms with Gasteiger partial charge in [-0.05, 0) is 6.42 Å². The third kappa shape index (κ3) is 2.40. The third-order valence-corrected chi connectivity index (χ3v) is 2.58. The van der Waals surface area contributed by atoms with Crippen molar-refractivity contribution >= 4 is 5.97 Å². The molecule has 0 aromatic rings. The van der Waals surface area contributed by atoms with Gasteiger partial charge < -0.3 is 9.84 Å². The summed E-state index contributed by atoms with van der Waals surface area (Å²) in [6.45, 7) is -0.722. The van der Waals surface area contributed by atoms with Crippen LogP contribution in [0.15, 0.2) is 0 Å². The monoisotopic (exact) mass is 227 g/mol. The van der Waals surface area contributed by atoms with Gasteiger partial charge in [0, 0.05) is 20.2 Å². The predicted octanol–water partition coefficient (Wildman–Crippen LogP) is 0.724. The molecule has 1 aliphatic rings. The van der Waals surface area contributed by atoms with E-state index in [1.54, 1.807) is 0 Å². The lowest BCUT2D eigenvalue weighted by atomic mass is 10.0. The molecule has 1 fully saturated rings. The van der Waals surface area contributed by atoms with Crippen LogP contribution in [0.5, 0.6) is 0 Å². The molecule has 1 N–H and O–H groups in total. The van der Waals surface area contributed by atoms with E-state index in [0.717, 1.165) is 7.11 Å². The first-order chi connectivity index (χ1) is 6.81. The number of nitrogens with zero attached hydrogens (tertiary/aromatic N) is 1. The lowest BCUT2D eigenvalue weighted by molar-refractivity contribution is -0.263. The largest absolute Gasteiger partial charge is 0.480 e. The van der Waals surface area contributed by atoms with E-state index in [1.165, 1.54) is 4.90 Å². The standard InChI is InChI=1S/C8H12F3NO3/c1-15-7(8(9,10)11)2-3-12(5-7)4-6(13)14/h2-5H2,1H3,(H,13,14)/t7-/m0/s1. The summed E-state index contributed by atoms with van der Waals surface area (Å²) in [7, 11) is 0.998. The van der Waals surface area contributed by atoms with Crippen molar-refractivity contribution in [3.8, 4) is 0 Å². The van der Waals surface area contributed by atoms with Gasteiger partial charge in [0.25, 0.3) is 0 Å². The van der Waals surface area contributed by atoms with Gasteiger partial charge in [0.05, 0.1) is 6.54 Å². The Morgan fingerprint density at radius 3 is 2.53 bits per heavy atom. The molecular weight excluding hydrogens is 215 g/mol. The molecule has 15 heavy (non-hydrogen) atoms. The van der Waals surface area contributed by atoms with Crippen LogP contribution in [0, 0.1) is 0 Å². The van der Waals surface area contributed by atoms with Crippen LogP contribution in [0.2, 0.25) is 0 Å². The van der Waals surface area contributed by atoms with Gasteiger partial charge >= 0.3 is 12.1 Å². The minimum absolute atomic E-state index is 0.0830. The highest BCUT2D eigenvalue weighted by Crippen LogP contribution is 2.40. The molecule has 0 aromatic carbocycles. The second kappa shape index (κ2) is 3.97. The molecule has 0 spiro atoms. The first kappa shape index (κ1) is 12.3. The van der Waals surface area contributed by atoms with Gasteiger partial charge in [0.1, 0.15) is 0 Å². The van der Waals surface area contributed by atoms with Crippen molar-refractivity contribution in [2.45, 2.75) is 18.2 Å². The molecule has 0 bridgehead atoms. The number of ether oxygens (including phenoxy) is 1. The van der Waals surface area contributed by atoms with Crippen LogP contribution >= 0.6 is 0 Å². The maximum Gasteiger partial charge on any atom is 0.418 e. The first-order valence-electron chi connectivity index (χ1n) is 4.37. The van der Waals surface area contributed by atoms with Crippen LogP contribution in [0.4, 0.5) is 13.2 Å². The molecule has 0 radical (unpaired) electrons. The molecule has 1 saturated heterocycles. The number of carboxylic acid groups (broad SMARTS) is 1. The Morgan fingerprint density at radius 2 is 2.20 bits per heavy atom. The molecule has 0 saturated carbocycles. The molecule has 1 atom stereocenters. The Morgan fingerprint density at radius 1 is 1.60 bits per heavy atom. The highest BCUT2D eigenvalue weighted by atomic mass is 19.4. The lowest BCUT2D eigenvalue weighted by Crippen LogP contribution is -2.49. The summed E-state index contributed by atoms with van der Waals surface area (Å²) in [6.07, 6.45) is -4.69. The van der Waals surface area contributed by atoms with Crippen molar-refractivity contribution in [2.75, 3.05) is 26.7 Å². The Labute approximate surface area is 84.6 Å². The van der Waals surface area contributed by atoms with Gasteiger partial charge in [-0.3, -0.25) is 9.69 Å². The number of aliphatic carboxylic acids is 1. The van der Waals surface area contributed by atoms with Crippen LogP contribution in [-0.4, -0.2) is 54.5 Å². The van der Waals surface area contributed by atoms with E-state index in [4.69, 9.17) is 5.11 Å². The first-order valence-corrected chi connectivity index (χ1v) is 4.37. The molecule has 88 valence electrons. The van der Waals surface area contributed by atoms with Crippen molar-refractivity contribution in [1.29, 1.82) is 0 Å². The maximum absolute atomic E-state index is 12.6. The number of likely N-dealkylation sites (tertiary alicyclic amines) is 1. The zero-order chi connectivity index (χ0) is 11.7. The molecule has 0 aliphatic carbocycles. The summed E-state index contributed by atoms with van der Waals surface area (Å²) in [6, 6.07) is 0. The van der Waals surface area contributed by atoms with Crippen LogP contribution < -0.4 is 0 Å². The van der Waals surface area contributed by atoms with Gasteiger partial charge in [-0.25, -0.2) is 0 Å². The molecule has 4 nitrogen and oxygen atoms in total. The van der Waals surface area contributed by atoms with Gasteiger partial charge in [-0.15, -0.1) is 0 Å². The minimum Gasteiger partial charge on any atom is -0.480 e. The molecule has 0 aromatic heterocycles. The van der Waals surface area contributed by atoms with E-state index in [2.05, 4.69) is 4.74 Å². The van der Waals surface area contributed by atoms with E-state index in [-0.39, 0.29) is 19.5 Å². The Kier molecular flexibility index (Phi) is 3.25. The number of alkyl halides is 3. The topological polar surface area (TPSA) is 49.8 Å². The predicted molar refractivity (Wildman–Crippen MR) is 44.5 cm³/mol. The highest BCUT2D eigenvalue weighted by molar-refractivity contribution is 5.69. The van der Waals surface area contributed by atoms with Crippen LogP contribution in [-0.2, 0) is 9.53 Å². The number of halogens is 3. The number of carbonyl (C=O) groups is 1. The van der Waals surface area contributed by atoms with Crippen molar-refractivity contribution in [3.05, 3.63) is 0 Å². The van der Waals surface area contributed by atoms with E-state index >= 15 is 0 Å². The highest BCUT2D eigenvalue weighted by Gasteiger charge is 2.58. The molecule has 0 unspecified atom stereocenters. The normalized spacial score (nSPS) is 28.3. The van der Waals surface area contributed by atoms with Crippen molar-refractivity contribution in [1.82, 2.24) is 4.90 Å². The van der Waals surface area contributed by atoms with Crippen LogP contribution in [0.25, 0.3) is 0 Å². The SMILES string of the molecule is CO[C@@]1(C(F)(F)F)CCN(CC(=O)O)C1. The Hall–Kier alpha value is -0.820. The molecule has 0 amide bonds. The summed E-state index contributed by atoms with van der Waals surface area (Å²) in [5.41, 5.74) is -2.21. The summed E-state index contributed by atoms with van der Waals surface area (Å²) in [5.74, 6) is -1.14. The average Bonchev–Trinajstić information content (AvgIpc) is 2.47. The van der Waals surface area contributed by atoms with Gasteiger partial charge in [0.2, 0.25) is 0 Å². The van der Waals surface area contributed by atoms with E-state index < -0.39 is 24.3 Å². The maximum atomic E-state index is 12.6. The summed E-state index contributed by atoms with van der Waals surface area (Å²) in [4.78, 5) is 11.6. The fourth-order valence-corrected chi connectivity index (χ4v) is 1.70. The fraction of sp³-hybridized carbons (Fsp3) is 0.875. The third-order valence-electron chi connectivity index (χ3n) is 2.58. The van der Waals surface area contributed by atoms with E-state index in [9.17, 15) is 18.0 Å². The Bertz CT molecular complexity index is 256. The van der Waals surface area contributed by atoms with Crippen LogP contribution in [0.1, 0.15) is 6.42 Å². The fourth-order valence-electron chi connectivity index (χ4n) is 1.70. The minimum atomic E-state index is -4.46. The second-order valence-electron chi connectivity index (χ2n) is 3.55. The van der Waals surface area contributed by atoms with Gasteiger partial charge in [0.15, 0.2) is 5.60 Å². The number of methoxy groups -OCH3 is 1. The number of rotatable bonds is 3. The molecular formula is C8H12F3NO3. The molecule has 1 rings (SSSR count). The molecule has 7 heteroatoms. The van der Waals surface area contributed by atoms with E-state index in [0.29, 0.717) is 0 Å². The summed E-state index contributed by atoms with van der Waals surface area (Å²) in [5, 5.41) is 8.46. The van der Waals surface area contributed by atoms with Gasteiger partial charge in [-0.2, -0.15) is 13.2 Å². The lowest BCUT2D eigenvalue weighted by Gasteiger charge is -2.30. The Balaban J connectivity index is 2.69. The number of hydrogen-bond acceptors (Lipinski definition) is 3. The molecule has 1 heterocycles. The second-order valence-corrected chi connectivity index (χ2v) is 3.55. The van der Waals surface area contributed by atoms with Crippen molar-refractivity contribution in [2.24, 2.45) is 0 Å². The quantitative estimate of drug-likeness (QED) is 0.772. The smallest absolute Gasteiger partial charge is 0.418 e. The van der Waals surface area contributed by atoms with Gasteiger partial charge in [-0.1, -0.05) is 0 Å². The molecule has 1 aliphatic heterocycles. The number of carboxylic acids is 1. The van der Waals surface area contributed by atoms with Crippen molar-refractivity contribution in [3.63, 3.8) is 0 Å². The summed E-state index contributed by atoms with van der Waals surface area (Å²) >= 11 is 0. The van der Waals surface area contributed by atoms with E-state index in [1.807, 2.05) is 0 Å². The zero-order valence-electron chi connectivity index (χ0n) is 8.17. The van der Waals surface area contributed by atoms with Crippen LogP contribution in [0.3, 0.4) is 0 Å². The van der Waals surface area contributed by atoms with Crippen molar-refractivity contribution < 1.29 is 27.8 Å².